The van der Waals surface area contributed by atoms with Gasteiger partial charge in [0.2, 0.25) is 0 Å². The van der Waals surface area contributed by atoms with Gasteiger partial charge in [-0.2, -0.15) is 0 Å². The zero-order valence-electron chi connectivity index (χ0n) is 11.7. The van der Waals surface area contributed by atoms with Gasteiger partial charge in [-0.3, -0.25) is 0 Å². The number of rotatable bonds is 3. The Morgan fingerprint density at radius 3 is 2.83 bits per heavy atom. The molecule has 1 aliphatic rings. The summed E-state index contributed by atoms with van der Waals surface area (Å²) in [6.07, 6.45) is 3.46. The average Bonchev–Trinajstić information content (AvgIpc) is 2.60. The van der Waals surface area contributed by atoms with Crippen LogP contribution in [0, 0.1) is 6.92 Å². The van der Waals surface area contributed by atoms with Crippen molar-refractivity contribution in [3.05, 3.63) is 23.8 Å². The van der Waals surface area contributed by atoms with E-state index >= 15 is 0 Å². The van der Waals surface area contributed by atoms with Crippen LogP contribution < -0.4 is 10.2 Å². The molecule has 1 heterocycles. The largest absolute Gasteiger partial charge is 0.382 e. The molecule has 0 saturated carbocycles. The number of nitrogens with zero attached hydrogens (tertiary/aromatic N) is 1. The maximum absolute atomic E-state index is 5.50. The summed E-state index contributed by atoms with van der Waals surface area (Å²) in [6, 6.07) is 7.14. The monoisotopic (exact) mass is 248 g/mol. The fraction of sp³-hybridized carbons (Fsp3) is 0.600. The van der Waals surface area contributed by atoms with Crippen molar-refractivity contribution in [1.29, 1.82) is 0 Å². The third kappa shape index (κ3) is 3.39. The van der Waals surface area contributed by atoms with Crippen LogP contribution in [-0.4, -0.2) is 33.4 Å². The Kier molecular flexibility index (Phi) is 4.48. The second-order valence-corrected chi connectivity index (χ2v) is 5.28. The summed E-state index contributed by atoms with van der Waals surface area (Å²) in [4.78, 5) is 2.16. The van der Waals surface area contributed by atoms with E-state index in [2.05, 4.69) is 49.4 Å². The molecule has 0 radical (unpaired) electrons. The van der Waals surface area contributed by atoms with Crippen molar-refractivity contribution < 1.29 is 4.74 Å². The Bertz CT molecular complexity index is 382. The first kappa shape index (κ1) is 13.2. The lowest BCUT2D eigenvalue weighted by Crippen LogP contribution is -2.20. The van der Waals surface area contributed by atoms with Crippen molar-refractivity contribution in [2.45, 2.75) is 32.2 Å². The minimum Gasteiger partial charge on any atom is -0.382 e. The summed E-state index contributed by atoms with van der Waals surface area (Å²) < 4.78 is 5.50. The summed E-state index contributed by atoms with van der Waals surface area (Å²) in [7, 11) is 4.18. The first-order valence-electron chi connectivity index (χ1n) is 6.79. The van der Waals surface area contributed by atoms with Crippen molar-refractivity contribution in [2.75, 3.05) is 37.5 Å². The normalized spacial score (nSPS) is 20.3. The average molecular weight is 248 g/mol. The van der Waals surface area contributed by atoms with E-state index in [9.17, 15) is 0 Å². The number of benzene rings is 1. The zero-order chi connectivity index (χ0) is 13.0. The van der Waals surface area contributed by atoms with Crippen LogP contribution in [0.2, 0.25) is 0 Å². The second-order valence-electron chi connectivity index (χ2n) is 5.28. The van der Waals surface area contributed by atoms with Crippen molar-refractivity contribution >= 4 is 11.4 Å². The van der Waals surface area contributed by atoms with Crippen LogP contribution in [-0.2, 0) is 4.74 Å². The molecule has 100 valence electrons. The molecule has 1 atom stereocenters. The van der Waals surface area contributed by atoms with Gasteiger partial charge in [0.25, 0.3) is 0 Å². The molecule has 0 amide bonds. The highest BCUT2D eigenvalue weighted by molar-refractivity contribution is 5.62. The third-order valence-electron chi connectivity index (χ3n) is 3.51. The predicted molar refractivity (Wildman–Crippen MR) is 77.6 cm³/mol. The molecular formula is C15H24N2O. The molecule has 1 N–H and O–H groups in total. The predicted octanol–water partition coefficient (Wildman–Crippen LogP) is 3.04. The number of hydrogen-bond donors (Lipinski definition) is 1. The SMILES string of the molecule is Cc1ccc(NC2CCCOCC2)cc1N(C)C. The minimum atomic E-state index is 0.546. The highest BCUT2D eigenvalue weighted by atomic mass is 16.5. The second kappa shape index (κ2) is 6.10. The molecule has 3 heteroatoms. The van der Waals surface area contributed by atoms with E-state index in [1.165, 1.54) is 23.4 Å². The first-order chi connectivity index (χ1) is 8.66. The highest BCUT2D eigenvalue weighted by Crippen LogP contribution is 2.24. The quantitative estimate of drug-likeness (QED) is 0.890. The maximum atomic E-state index is 5.50. The van der Waals surface area contributed by atoms with E-state index < -0.39 is 0 Å². The Hall–Kier alpha value is -1.22. The zero-order valence-corrected chi connectivity index (χ0v) is 11.7. The Balaban J connectivity index is 2.06. The van der Waals surface area contributed by atoms with Crippen molar-refractivity contribution in [3.8, 4) is 0 Å². The van der Waals surface area contributed by atoms with Gasteiger partial charge in [-0.25, -0.2) is 0 Å². The van der Waals surface area contributed by atoms with Gasteiger partial charge in [-0.1, -0.05) is 6.07 Å². The molecule has 1 saturated heterocycles. The molecule has 0 bridgehead atoms. The molecule has 1 aromatic carbocycles. The van der Waals surface area contributed by atoms with Crippen molar-refractivity contribution in [2.24, 2.45) is 0 Å². The van der Waals surface area contributed by atoms with Crippen LogP contribution in [0.25, 0.3) is 0 Å². The van der Waals surface area contributed by atoms with Crippen molar-refractivity contribution in [3.63, 3.8) is 0 Å². The van der Waals surface area contributed by atoms with Gasteiger partial charge in [-0.15, -0.1) is 0 Å². The molecule has 1 aromatic rings. The van der Waals surface area contributed by atoms with E-state index in [0.717, 1.165) is 26.1 Å². The Morgan fingerprint density at radius 2 is 2.06 bits per heavy atom. The molecule has 0 spiro atoms. The standard InChI is InChI=1S/C15H24N2O/c1-12-6-7-14(11-15(12)17(2)3)16-13-5-4-9-18-10-8-13/h6-7,11,13,16H,4-5,8-10H2,1-3H3. The summed E-state index contributed by atoms with van der Waals surface area (Å²) in [6.45, 7) is 3.94. The van der Waals surface area contributed by atoms with Gasteiger partial charge in [-0.05, 0) is 43.9 Å². The summed E-state index contributed by atoms with van der Waals surface area (Å²) in [5, 5.41) is 3.64. The lowest BCUT2D eigenvalue weighted by atomic mass is 10.1. The van der Waals surface area contributed by atoms with Gasteiger partial charge in [0, 0.05) is 44.7 Å². The molecule has 1 unspecified atom stereocenters. The molecular weight excluding hydrogens is 224 g/mol. The van der Waals surface area contributed by atoms with E-state index in [0.29, 0.717) is 6.04 Å². The topological polar surface area (TPSA) is 24.5 Å². The molecule has 3 nitrogen and oxygen atoms in total. The van der Waals surface area contributed by atoms with Gasteiger partial charge in [0.15, 0.2) is 0 Å². The Labute approximate surface area is 110 Å². The van der Waals surface area contributed by atoms with Crippen LogP contribution >= 0.6 is 0 Å². The van der Waals surface area contributed by atoms with E-state index in [1.54, 1.807) is 0 Å². The first-order valence-corrected chi connectivity index (χ1v) is 6.79. The number of hydrogen-bond acceptors (Lipinski definition) is 3. The van der Waals surface area contributed by atoms with Gasteiger partial charge in [0.1, 0.15) is 0 Å². The fourth-order valence-electron chi connectivity index (χ4n) is 2.46. The number of nitrogens with one attached hydrogen (secondary N) is 1. The van der Waals surface area contributed by atoms with Gasteiger partial charge in [0.05, 0.1) is 0 Å². The minimum absolute atomic E-state index is 0.546. The van der Waals surface area contributed by atoms with Gasteiger partial charge < -0.3 is 15.0 Å². The fourth-order valence-corrected chi connectivity index (χ4v) is 2.46. The molecule has 1 fully saturated rings. The number of aryl methyl sites for hydroxylation is 1. The molecule has 0 aliphatic carbocycles. The van der Waals surface area contributed by atoms with Crippen molar-refractivity contribution in [1.82, 2.24) is 0 Å². The smallest absolute Gasteiger partial charge is 0.0485 e. The summed E-state index contributed by atoms with van der Waals surface area (Å²) in [5.41, 5.74) is 3.82. The van der Waals surface area contributed by atoms with E-state index in [-0.39, 0.29) is 0 Å². The van der Waals surface area contributed by atoms with E-state index in [4.69, 9.17) is 4.74 Å². The van der Waals surface area contributed by atoms with E-state index in [1.807, 2.05) is 0 Å². The molecule has 0 aromatic heterocycles. The summed E-state index contributed by atoms with van der Waals surface area (Å²) >= 11 is 0. The van der Waals surface area contributed by atoms with Gasteiger partial charge >= 0.3 is 0 Å². The van der Waals surface area contributed by atoms with Crippen LogP contribution in [0.15, 0.2) is 18.2 Å². The lowest BCUT2D eigenvalue weighted by Gasteiger charge is -2.21. The van der Waals surface area contributed by atoms with Crippen LogP contribution in [0.3, 0.4) is 0 Å². The molecule has 1 aliphatic heterocycles. The third-order valence-corrected chi connectivity index (χ3v) is 3.51. The number of ether oxygens (including phenoxy) is 1. The van der Waals surface area contributed by atoms with Crippen LogP contribution in [0.4, 0.5) is 11.4 Å². The van der Waals surface area contributed by atoms with Crippen LogP contribution in [0.5, 0.6) is 0 Å². The Morgan fingerprint density at radius 1 is 1.22 bits per heavy atom. The highest BCUT2D eigenvalue weighted by Gasteiger charge is 2.12. The maximum Gasteiger partial charge on any atom is 0.0485 e. The number of anilines is 2. The molecule has 2 rings (SSSR count). The lowest BCUT2D eigenvalue weighted by molar-refractivity contribution is 0.144. The van der Waals surface area contributed by atoms with Crippen LogP contribution in [0.1, 0.15) is 24.8 Å². The molecule has 18 heavy (non-hydrogen) atoms. The summed E-state index contributed by atoms with van der Waals surface area (Å²) in [5.74, 6) is 0.